The number of aryl methyl sites for hydroxylation is 4. The highest BCUT2D eigenvalue weighted by Gasteiger charge is 2.13. The summed E-state index contributed by atoms with van der Waals surface area (Å²) < 4.78 is 11.4. The summed E-state index contributed by atoms with van der Waals surface area (Å²) >= 11 is 0. The van der Waals surface area contributed by atoms with Crippen LogP contribution in [-0.2, 0) is 9.59 Å². The second kappa shape index (κ2) is 10.5. The normalized spacial score (nSPS) is 10.4. The van der Waals surface area contributed by atoms with Crippen LogP contribution < -0.4 is 20.1 Å². The molecule has 0 heterocycles. The molecule has 0 saturated carbocycles. The zero-order valence-electron chi connectivity index (χ0n) is 18.8. The summed E-state index contributed by atoms with van der Waals surface area (Å²) in [6.45, 7) is 7.47. The number of nitrogens with one attached hydrogen (secondary N) is 2. The molecule has 0 aliphatic carbocycles. The third-order valence-corrected chi connectivity index (χ3v) is 4.99. The van der Waals surface area contributed by atoms with Gasteiger partial charge in [-0.3, -0.25) is 9.59 Å². The minimum Gasteiger partial charge on any atom is -0.483 e. The summed E-state index contributed by atoms with van der Waals surface area (Å²) in [5.41, 5.74) is 4.85. The number of carbonyl (C=O) groups is 2. The third-order valence-electron chi connectivity index (χ3n) is 4.99. The molecule has 6 nitrogen and oxygen atoms in total. The van der Waals surface area contributed by atoms with Gasteiger partial charge in [-0.05, 0) is 62.1 Å². The van der Waals surface area contributed by atoms with Gasteiger partial charge in [0.25, 0.3) is 11.8 Å². The van der Waals surface area contributed by atoms with Crippen molar-refractivity contribution in [1.82, 2.24) is 0 Å². The Morgan fingerprint density at radius 1 is 0.594 bits per heavy atom. The Morgan fingerprint density at radius 3 is 1.28 bits per heavy atom. The lowest BCUT2D eigenvalue weighted by molar-refractivity contribution is -0.119. The van der Waals surface area contributed by atoms with E-state index in [2.05, 4.69) is 10.6 Å². The summed E-state index contributed by atoms with van der Waals surface area (Å²) in [6, 6.07) is 18.6. The van der Waals surface area contributed by atoms with Gasteiger partial charge >= 0.3 is 0 Å². The molecule has 3 aromatic carbocycles. The van der Waals surface area contributed by atoms with Crippen LogP contribution >= 0.6 is 0 Å². The number of hydrogen-bond acceptors (Lipinski definition) is 4. The third kappa shape index (κ3) is 5.88. The van der Waals surface area contributed by atoms with E-state index >= 15 is 0 Å². The lowest BCUT2D eigenvalue weighted by atomic mass is 10.1. The topological polar surface area (TPSA) is 76.7 Å². The molecular weight excluding hydrogens is 404 g/mol. The van der Waals surface area contributed by atoms with E-state index in [1.54, 1.807) is 24.3 Å². The van der Waals surface area contributed by atoms with Crippen molar-refractivity contribution in [3.63, 3.8) is 0 Å². The second-order valence-electron chi connectivity index (χ2n) is 7.66. The molecule has 0 aliphatic heterocycles. The summed E-state index contributed by atoms with van der Waals surface area (Å²) in [7, 11) is 0. The number of hydrogen-bond donors (Lipinski definition) is 2. The van der Waals surface area contributed by atoms with Gasteiger partial charge in [0, 0.05) is 0 Å². The van der Waals surface area contributed by atoms with Crippen LogP contribution in [0.5, 0.6) is 11.5 Å². The molecule has 3 rings (SSSR count). The van der Waals surface area contributed by atoms with Crippen LogP contribution in [0.4, 0.5) is 11.4 Å². The molecule has 0 aromatic heterocycles. The predicted octanol–water partition coefficient (Wildman–Crippen LogP) is 4.96. The highest BCUT2D eigenvalue weighted by molar-refractivity contribution is 6.00. The molecule has 0 atom stereocenters. The van der Waals surface area contributed by atoms with Gasteiger partial charge in [-0.25, -0.2) is 0 Å². The maximum absolute atomic E-state index is 12.5. The van der Waals surface area contributed by atoms with Crippen LogP contribution in [0, 0.1) is 27.7 Å². The molecule has 0 bridgehead atoms. The molecule has 0 spiro atoms. The molecule has 0 radical (unpaired) electrons. The smallest absolute Gasteiger partial charge is 0.262 e. The highest BCUT2D eigenvalue weighted by Crippen LogP contribution is 2.24. The molecule has 2 N–H and O–H groups in total. The minimum absolute atomic E-state index is 0.135. The van der Waals surface area contributed by atoms with Gasteiger partial charge in [0.15, 0.2) is 13.2 Å². The van der Waals surface area contributed by atoms with Crippen molar-refractivity contribution >= 4 is 23.2 Å². The minimum atomic E-state index is -0.318. The van der Waals surface area contributed by atoms with E-state index < -0.39 is 0 Å². The Bertz CT molecular complexity index is 996. The first-order chi connectivity index (χ1) is 15.3. The van der Waals surface area contributed by atoms with E-state index in [1.165, 1.54) is 0 Å². The highest BCUT2D eigenvalue weighted by atomic mass is 16.5. The molecule has 6 heteroatoms. The largest absolute Gasteiger partial charge is 0.483 e. The monoisotopic (exact) mass is 432 g/mol. The maximum atomic E-state index is 12.5. The number of anilines is 2. The van der Waals surface area contributed by atoms with E-state index in [0.717, 1.165) is 22.3 Å². The average molecular weight is 433 g/mol. The number of benzene rings is 3. The van der Waals surface area contributed by atoms with Gasteiger partial charge in [0.2, 0.25) is 0 Å². The summed E-state index contributed by atoms with van der Waals surface area (Å²) in [5, 5.41) is 5.60. The van der Waals surface area contributed by atoms with Crippen molar-refractivity contribution in [2.45, 2.75) is 27.7 Å². The van der Waals surface area contributed by atoms with E-state index in [-0.39, 0.29) is 25.0 Å². The van der Waals surface area contributed by atoms with E-state index in [0.29, 0.717) is 22.9 Å². The number of carbonyl (C=O) groups excluding carboxylic acids is 2. The molecule has 3 aromatic rings. The lowest BCUT2D eigenvalue weighted by Gasteiger charge is -2.15. The number of rotatable bonds is 8. The summed E-state index contributed by atoms with van der Waals surface area (Å²) in [4.78, 5) is 24.9. The first-order valence-electron chi connectivity index (χ1n) is 10.4. The fourth-order valence-electron chi connectivity index (χ4n) is 3.40. The first-order valence-corrected chi connectivity index (χ1v) is 10.4. The van der Waals surface area contributed by atoms with E-state index in [4.69, 9.17) is 9.47 Å². The SMILES string of the molecule is Cc1cccc(C)c1OCC(=O)Nc1ccccc1NC(=O)COc1c(C)cccc1C. The van der Waals surface area contributed by atoms with Crippen LogP contribution in [-0.4, -0.2) is 25.0 Å². The maximum Gasteiger partial charge on any atom is 0.262 e. The van der Waals surface area contributed by atoms with Gasteiger partial charge in [0.05, 0.1) is 11.4 Å². The molecule has 32 heavy (non-hydrogen) atoms. The standard InChI is InChI=1S/C26H28N2O4/c1-17-9-7-10-18(2)25(17)31-15-23(29)27-21-13-5-6-14-22(21)28-24(30)16-32-26-19(3)11-8-12-20(26)4/h5-14H,15-16H2,1-4H3,(H,27,29)(H,28,30). The van der Waals surface area contributed by atoms with E-state index in [9.17, 15) is 9.59 Å². The molecule has 0 fully saturated rings. The fourth-order valence-corrected chi connectivity index (χ4v) is 3.40. The van der Waals surface area contributed by atoms with E-state index in [1.807, 2.05) is 64.1 Å². The molecule has 0 aliphatic rings. The fraction of sp³-hybridized carbons (Fsp3) is 0.231. The van der Waals surface area contributed by atoms with Gasteiger partial charge in [-0.2, -0.15) is 0 Å². The first kappa shape index (κ1) is 22.9. The van der Waals surface area contributed by atoms with Gasteiger partial charge in [-0.1, -0.05) is 48.5 Å². The van der Waals surface area contributed by atoms with Crippen molar-refractivity contribution in [3.8, 4) is 11.5 Å². The Kier molecular flexibility index (Phi) is 7.49. The molecule has 0 saturated heterocycles. The summed E-state index contributed by atoms with van der Waals surface area (Å²) in [6.07, 6.45) is 0. The van der Waals surface area contributed by atoms with Crippen LogP contribution in [0.1, 0.15) is 22.3 Å². The molecular formula is C26H28N2O4. The van der Waals surface area contributed by atoms with Crippen molar-refractivity contribution < 1.29 is 19.1 Å². The molecule has 2 amide bonds. The van der Waals surface area contributed by atoms with Crippen molar-refractivity contribution in [2.75, 3.05) is 23.8 Å². The Hall–Kier alpha value is -3.80. The number of ether oxygens (including phenoxy) is 2. The van der Waals surface area contributed by atoms with Crippen molar-refractivity contribution in [3.05, 3.63) is 82.9 Å². The van der Waals surface area contributed by atoms with Gasteiger partial charge in [-0.15, -0.1) is 0 Å². The Balaban J connectivity index is 1.59. The van der Waals surface area contributed by atoms with Gasteiger partial charge < -0.3 is 20.1 Å². The van der Waals surface area contributed by atoms with Crippen LogP contribution in [0.2, 0.25) is 0 Å². The van der Waals surface area contributed by atoms with Crippen molar-refractivity contribution in [1.29, 1.82) is 0 Å². The molecule has 0 unspecified atom stereocenters. The number of para-hydroxylation sites is 4. The summed E-state index contributed by atoms with van der Waals surface area (Å²) in [5.74, 6) is 0.767. The van der Waals surface area contributed by atoms with Crippen LogP contribution in [0.25, 0.3) is 0 Å². The average Bonchev–Trinajstić information content (AvgIpc) is 2.74. The Morgan fingerprint density at radius 2 is 0.938 bits per heavy atom. The zero-order chi connectivity index (χ0) is 23.1. The van der Waals surface area contributed by atoms with Gasteiger partial charge in [0.1, 0.15) is 11.5 Å². The molecule has 166 valence electrons. The Labute approximate surface area is 188 Å². The van der Waals surface area contributed by atoms with Crippen LogP contribution in [0.15, 0.2) is 60.7 Å². The lowest BCUT2D eigenvalue weighted by Crippen LogP contribution is -2.24. The van der Waals surface area contributed by atoms with Crippen LogP contribution in [0.3, 0.4) is 0 Å². The number of amides is 2. The van der Waals surface area contributed by atoms with Crippen molar-refractivity contribution in [2.24, 2.45) is 0 Å². The second-order valence-corrected chi connectivity index (χ2v) is 7.66. The predicted molar refractivity (Wildman–Crippen MR) is 127 cm³/mol. The zero-order valence-corrected chi connectivity index (χ0v) is 18.8. The quantitative estimate of drug-likeness (QED) is 0.528.